The van der Waals surface area contributed by atoms with E-state index < -0.39 is 0 Å². The van der Waals surface area contributed by atoms with E-state index in [1.807, 2.05) is 0 Å². The molecule has 1 fully saturated rings. The van der Waals surface area contributed by atoms with E-state index >= 15 is 0 Å². The van der Waals surface area contributed by atoms with Crippen LogP contribution in [0.25, 0.3) is 0 Å². The van der Waals surface area contributed by atoms with Crippen LogP contribution in [0.3, 0.4) is 0 Å². The van der Waals surface area contributed by atoms with Gasteiger partial charge < -0.3 is 4.74 Å². The Kier molecular flexibility index (Phi) is 1.34. The Labute approximate surface area is 62.1 Å². The molecule has 1 saturated heterocycles. The van der Waals surface area contributed by atoms with Gasteiger partial charge in [0.05, 0.1) is 12.2 Å². The lowest BCUT2D eigenvalue weighted by Crippen LogP contribution is -2.32. The zero-order chi connectivity index (χ0) is 7.14. The largest absolute Gasteiger partial charge is 0.366 e. The summed E-state index contributed by atoms with van der Waals surface area (Å²) in [6.45, 7) is 4.54. The molecule has 4 atom stereocenters. The van der Waals surface area contributed by atoms with Gasteiger partial charge in [-0.15, -0.1) is 0 Å². The van der Waals surface area contributed by atoms with Gasteiger partial charge in [0.25, 0.3) is 0 Å². The first kappa shape index (κ1) is 6.41. The summed E-state index contributed by atoms with van der Waals surface area (Å²) in [5, 5.41) is 0. The van der Waals surface area contributed by atoms with Crippen LogP contribution in [0.2, 0.25) is 0 Å². The maximum atomic E-state index is 5.71. The van der Waals surface area contributed by atoms with E-state index in [4.69, 9.17) is 4.74 Å². The molecular weight excluding hydrogens is 124 g/mol. The first-order valence-corrected chi connectivity index (χ1v) is 4.11. The molecule has 0 aliphatic carbocycles. The van der Waals surface area contributed by atoms with Crippen molar-refractivity contribution in [1.82, 2.24) is 0 Å². The second-order valence-electron chi connectivity index (χ2n) is 3.64. The van der Waals surface area contributed by atoms with E-state index in [2.05, 4.69) is 26.0 Å². The zero-order valence-corrected chi connectivity index (χ0v) is 6.58. The van der Waals surface area contributed by atoms with Crippen molar-refractivity contribution in [2.24, 2.45) is 11.8 Å². The van der Waals surface area contributed by atoms with Gasteiger partial charge in [0.2, 0.25) is 0 Å². The number of ether oxygens (including phenoxy) is 1. The Hall–Kier alpha value is -0.300. The summed E-state index contributed by atoms with van der Waals surface area (Å²) in [4.78, 5) is 0. The van der Waals surface area contributed by atoms with E-state index in [9.17, 15) is 0 Å². The minimum atomic E-state index is 0.432. The van der Waals surface area contributed by atoms with E-state index in [0.717, 1.165) is 11.8 Å². The third kappa shape index (κ3) is 0.807. The van der Waals surface area contributed by atoms with Gasteiger partial charge in [-0.3, -0.25) is 0 Å². The first-order chi connectivity index (χ1) is 4.77. The highest BCUT2D eigenvalue weighted by Gasteiger charge is 2.34. The van der Waals surface area contributed by atoms with Crippen molar-refractivity contribution in [2.45, 2.75) is 32.5 Å². The molecule has 0 spiro atoms. The summed E-state index contributed by atoms with van der Waals surface area (Å²) in [6.07, 6.45) is 6.63. The van der Waals surface area contributed by atoms with E-state index in [1.165, 1.54) is 6.42 Å². The number of hydrogen-bond donors (Lipinski definition) is 0. The number of fused-ring (bicyclic) bond motifs is 2. The van der Waals surface area contributed by atoms with Gasteiger partial charge in [0.15, 0.2) is 0 Å². The minimum Gasteiger partial charge on any atom is -0.366 e. The van der Waals surface area contributed by atoms with E-state index in [-0.39, 0.29) is 0 Å². The third-order valence-corrected chi connectivity index (χ3v) is 2.67. The molecule has 10 heavy (non-hydrogen) atoms. The Morgan fingerprint density at radius 1 is 1.10 bits per heavy atom. The fourth-order valence-corrected chi connectivity index (χ4v) is 1.99. The SMILES string of the molecule is CC1CC(C)[C@H]2C=C[C@@H]1O2. The first-order valence-electron chi connectivity index (χ1n) is 4.11. The smallest absolute Gasteiger partial charge is 0.0790 e. The highest BCUT2D eigenvalue weighted by atomic mass is 16.5. The molecule has 1 heteroatoms. The van der Waals surface area contributed by atoms with Crippen molar-refractivity contribution in [3.63, 3.8) is 0 Å². The predicted molar refractivity (Wildman–Crippen MR) is 40.7 cm³/mol. The van der Waals surface area contributed by atoms with Crippen LogP contribution < -0.4 is 0 Å². The summed E-state index contributed by atoms with van der Waals surface area (Å²) >= 11 is 0. The van der Waals surface area contributed by atoms with Crippen LogP contribution in [0, 0.1) is 11.8 Å². The van der Waals surface area contributed by atoms with Crippen LogP contribution in [-0.2, 0) is 4.74 Å². The minimum absolute atomic E-state index is 0.432. The molecule has 0 N–H and O–H groups in total. The summed E-state index contributed by atoms with van der Waals surface area (Å²) < 4.78 is 5.71. The van der Waals surface area contributed by atoms with Crippen molar-refractivity contribution in [2.75, 3.05) is 0 Å². The maximum Gasteiger partial charge on any atom is 0.0790 e. The fourth-order valence-electron chi connectivity index (χ4n) is 1.99. The molecule has 1 nitrogen and oxygen atoms in total. The van der Waals surface area contributed by atoms with Gasteiger partial charge in [-0.25, -0.2) is 0 Å². The third-order valence-electron chi connectivity index (χ3n) is 2.67. The van der Waals surface area contributed by atoms with Crippen LogP contribution in [0.5, 0.6) is 0 Å². The maximum absolute atomic E-state index is 5.71. The Morgan fingerprint density at radius 2 is 1.60 bits per heavy atom. The standard InChI is InChI=1S/C9H14O/c1-6-5-7(2)9-4-3-8(6)10-9/h3-4,6-9H,5H2,1-2H3/t6?,7?,8-,9+. The summed E-state index contributed by atoms with van der Waals surface area (Å²) in [6, 6.07) is 0. The second-order valence-corrected chi connectivity index (χ2v) is 3.64. The molecular formula is C9H14O. The van der Waals surface area contributed by atoms with Crippen molar-refractivity contribution < 1.29 is 4.74 Å². The molecule has 2 bridgehead atoms. The van der Waals surface area contributed by atoms with Crippen LogP contribution in [0.4, 0.5) is 0 Å². The van der Waals surface area contributed by atoms with Crippen molar-refractivity contribution in [1.29, 1.82) is 0 Å². The topological polar surface area (TPSA) is 9.23 Å². The fraction of sp³-hybridized carbons (Fsp3) is 0.778. The Balaban J connectivity index is 2.17. The quantitative estimate of drug-likeness (QED) is 0.465. The molecule has 2 rings (SSSR count). The lowest BCUT2D eigenvalue weighted by molar-refractivity contribution is -0.0432. The number of rotatable bonds is 0. The molecule has 0 saturated carbocycles. The van der Waals surface area contributed by atoms with Gasteiger partial charge in [0.1, 0.15) is 0 Å². The molecule has 0 aromatic heterocycles. The van der Waals surface area contributed by atoms with Gasteiger partial charge in [-0.1, -0.05) is 26.0 Å². The monoisotopic (exact) mass is 138 g/mol. The average Bonchev–Trinajstić information content (AvgIpc) is 2.28. The molecule has 0 aromatic carbocycles. The predicted octanol–water partition coefficient (Wildman–Crippen LogP) is 1.99. The molecule has 0 amide bonds. The normalized spacial score (nSPS) is 51.8. The Bertz CT molecular complexity index is 146. The highest BCUT2D eigenvalue weighted by molar-refractivity contribution is 5.08. The molecule has 2 aliphatic heterocycles. The molecule has 0 aromatic rings. The van der Waals surface area contributed by atoms with Gasteiger partial charge >= 0.3 is 0 Å². The van der Waals surface area contributed by atoms with Crippen LogP contribution in [-0.4, -0.2) is 12.2 Å². The number of hydrogen-bond acceptors (Lipinski definition) is 1. The van der Waals surface area contributed by atoms with Crippen LogP contribution in [0.15, 0.2) is 12.2 Å². The molecule has 56 valence electrons. The highest BCUT2D eigenvalue weighted by Crippen LogP contribution is 2.34. The van der Waals surface area contributed by atoms with E-state index in [0.29, 0.717) is 12.2 Å². The van der Waals surface area contributed by atoms with Crippen molar-refractivity contribution in [3.8, 4) is 0 Å². The zero-order valence-electron chi connectivity index (χ0n) is 6.58. The summed E-state index contributed by atoms with van der Waals surface area (Å²) in [5.41, 5.74) is 0. The summed E-state index contributed by atoms with van der Waals surface area (Å²) in [7, 11) is 0. The van der Waals surface area contributed by atoms with Crippen LogP contribution in [0.1, 0.15) is 20.3 Å². The molecule has 0 radical (unpaired) electrons. The van der Waals surface area contributed by atoms with Crippen LogP contribution >= 0.6 is 0 Å². The van der Waals surface area contributed by atoms with Crippen molar-refractivity contribution >= 4 is 0 Å². The lowest BCUT2D eigenvalue weighted by atomic mass is 9.90. The van der Waals surface area contributed by atoms with Gasteiger partial charge in [0, 0.05) is 0 Å². The van der Waals surface area contributed by atoms with E-state index in [1.54, 1.807) is 0 Å². The van der Waals surface area contributed by atoms with Gasteiger partial charge in [-0.05, 0) is 18.3 Å². The Morgan fingerprint density at radius 3 is 2.10 bits per heavy atom. The second kappa shape index (κ2) is 2.09. The lowest BCUT2D eigenvalue weighted by Gasteiger charge is -2.31. The summed E-state index contributed by atoms with van der Waals surface area (Å²) in [5.74, 6) is 1.45. The molecule has 2 aliphatic rings. The average molecular weight is 138 g/mol. The van der Waals surface area contributed by atoms with Crippen molar-refractivity contribution in [3.05, 3.63) is 12.2 Å². The molecule has 2 unspecified atom stereocenters. The molecule has 2 heterocycles. The van der Waals surface area contributed by atoms with Gasteiger partial charge in [-0.2, -0.15) is 0 Å².